The summed E-state index contributed by atoms with van der Waals surface area (Å²) in [5.74, 6) is 0.239. The van der Waals surface area contributed by atoms with Crippen molar-refractivity contribution in [1.82, 2.24) is 9.78 Å². The Morgan fingerprint density at radius 1 is 1.33 bits per heavy atom. The highest BCUT2D eigenvalue weighted by Crippen LogP contribution is 2.17. The van der Waals surface area contributed by atoms with E-state index in [0.717, 1.165) is 17.3 Å². The number of aliphatic hydroxyl groups excluding tert-OH is 1. The van der Waals surface area contributed by atoms with Crippen LogP contribution >= 0.6 is 15.9 Å². The Hall–Kier alpha value is -1.13. The fourth-order valence-electron chi connectivity index (χ4n) is 2.11. The van der Waals surface area contributed by atoms with Gasteiger partial charge < -0.3 is 5.11 Å². The average Bonchev–Trinajstić information content (AvgIpc) is 2.74. The monoisotopic (exact) mass is 308 g/mol. The highest BCUT2D eigenvalue weighted by molar-refractivity contribution is 9.10. The van der Waals surface area contributed by atoms with Crippen molar-refractivity contribution in [2.75, 3.05) is 6.61 Å². The van der Waals surface area contributed by atoms with Crippen molar-refractivity contribution < 1.29 is 5.11 Å². The number of rotatable bonds is 5. The van der Waals surface area contributed by atoms with E-state index < -0.39 is 0 Å². The van der Waals surface area contributed by atoms with Gasteiger partial charge in [-0.1, -0.05) is 28.1 Å². The third kappa shape index (κ3) is 3.68. The van der Waals surface area contributed by atoms with Gasteiger partial charge in [0.15, 0.2) is 0 Å². The molecule has 2 aromatic rings. The Bertz CT molecular complexity index is 510. The first kappa shape index (κ1) is 13.3. The molecule has 1 unspecified atom stereocenters. The zero-order chi connectivity index (χ0) is 13.0. The zero-order valence-electron chi connectivity index (χ0n) is 10.4. The Morgan fingerprint density at radius 3 is 2.72 bits per heavy atom. The molecule has 0 saturated heterocycles. The Labute approximate surface area is 116 Å². The Kier molecular flexibility index (Phi) is 4.55. The fraction of sp³-hybridized carbons (Fsp3) is 0.357. The molecule has 0 spiro atoms. The predicted octanol–water partition coefficient (Wildman–Crippen LogP) is 2.58. The molecule has 0 fully saturated rings. The van der Waals surface area contributed by atoms with Gasteiger partial charge in [-0.25, -0.2) is 0 Å². The summed E-state index contributed by atoms with van der Waals surface area (Å²) in [6.45, 7) is 0.196. The summed E-state index contributed by atoms with van der Waals surface area (Å²) in [5, 5.41) is 13.6. The van der Waals surface area contributed by atoms with E-state index >= 15 is 0 Å². The molecule has 96 valence electrons. The molecule has 0 aliphatic heterocycles. The zero-order valence-corrected chi connectivity index (χ0v) is 12.0. The third-order valence-electron chi connectivity index (χ3n) is 2.95. The molecule has 0 amide bonds. The molecule has 0 aliphatic rings. The van der Waals surface area contributed by atoms with Gasteiger partial charge in [0.05, 0.1) is 6.20 Å². The van der Waals surface area contributed by atoms with Crippen molar-refractivity contribution >= 4 is 15.9 Å². The summed E-state index contributed by atoms with van der Waals surface area (Å²) >= 11 is 3.47. The van der Waals surface area contributed by atoms with Crippen LogP contribution in [0.25, 0.3) is 0 Å². The maximum Gasteiger partial charge on any atom is 0.0521 e. The molecule has 4 heteroatoms. The first-order valence-corrected chi connectivity index (χ1v) is 6.79. The van der Waals surface area contributed by atoms with Crippen LogP contribution < -0.4 is 0 Å². The first-order chi connectivity index (χ1) is 8.67. The smallest absolute Gasteiger partial charge is 0.0521 e. The van der Waals surface area contributed by atoms with E-state index in [4.69, 9.17) is 0 Å². The molecule has 2 rings (SSSR count). The van der Waals surface area contributed by atoms with Gasteiger partial charge in [0, 0.05) is 24.3 Å². The minimum atomic E-state index is 0.196. The number of hydrogen-bond donors (Lipinski definition) is 1. The van der Waals surface area contributed by atoms with Gasteiger partial charge in [0.2, 0.25) is 0 Å². The molecule has 1 heterocycles. The van der Waals surface area contributed by atoms with Crippen molar-refractivity contribution in [3.8, 4) is 0 Å². The minimum absolute atomic E-state index is 0.196. The Morgan fingerprint density at radius 2 is 2.11 bits per heavy atom. The van der Waals surface area contributed by atoms with Crippen LogP contribution in [0.4, 0.5) is 0 Å². The normalized spacial score (nSPS) is 12.6. The van der Waals surface area contributed by atoms with Crippen molar-refractivity contribution in [1.29, 1.82) is 0 Å². The van der Waals surface area contributed by atoms with E-state index in [-0.39, 0.29) is 12.5 Å². The predicted molar refractivity (Wildman–Crippen MR) is 75.3 cm³/mol. The van der Waals surface area contributed by atoms with E-state index in [0.29, 0.717) is 0 Å². The topological polar surface area (TPSA) is 38.0 Å². The van der Waals surface area contributed by atoms with Crippen LogP contribution in [0.2, 0.25) is 0 Å². The van der Waals surface area contributed by atoms with Crippen molar-refractivity contribution in [3.63, 3.8) is 0 Å². The van der Waals surface area contributed by atoms with Crippen LogP contribution in [0, 0.1) is 5.92 Å². The van der Waals surface area contributed by atoms with Gasteiger partial charge in [-0.2, -0.15) is 5.10 Å². The summed E-state index contributed by atoms with van der Waals surface area (Å²) < 4.78 is 2.88. The lowest BCUT2D eigenvalue weighted by molar-refractivity contribution is 0.225. The lowest BCUT2D eigenvalue weighted by atomic mass is 9.94. The van der Waals surface area contributed by atoms with E-state index in [9.17, 15) is 5.11 Å². The second kappa shape index (κ2) is 6.16. The number of aryl methyl sites for hydroxylation is 1. The summed E-state index contributed by atoms with van der Waals surface area (Å²) in [7, 11) is 1.91. The lowest BCUT2D eigenvalue weighted by Gasteiger charge is -2.13. The summed E-state index contributed by atoms with van der Waals surface area (Å²) in [4.78, 5) is 0. The molecule has 1 atom stereocenters. The number of nitrogens with zero attached hydrogens (tertiary/aromatic N) is 2. The van der Waals surface area contributed by atoms with Gasteiger partial charge in [0.1, 0.15) is 0 Å². The van der Waals surface area contributed by atoms with Crippen molar-refractivity contribution in [3.05, 3.63) is 52.3 Å². The summed E-state index contributed by atoms with van der Waals surface area (Å²) in [6, 6.07) is 8.24. The summed E-state index contributed by atoms with van der Waals surface area (Å²) in [5.41, 5.74) is 2.42. The molecule has 0 bridgehead atoms. The quantitative estimate of drug-likeness (QED) is 0.922. The number of aliphatic hydroxyl groups is 1. The molecule has 1 N–H and O–H groups in total. The molecule has 0 aliphatic carbocycles. The second-order valence-corrected chi connectivity index (χ2v) is 5.52. The van der Waals surface area contributed by atoms with E-state index in [2.05, 4.69) is 33.2 Å². The van der Waals surface area contributed by atoms with Gasteiger partial charge in [0.25, 0.3) is 0 Å². The van der Waals surface area contributed by atoms with E-state index in [1.807, 2.05) is 31.6 Å². The molecule has 1 aromatic carbocycles. The molecular weight excluding hydrogens is 292 g/mol. The number of hydrogen-bond acceptors (Lipinski definition) is 2. The SMILES string of the molecule is Cn1cc(CC(CO)Cc2cccc(Br)c2)cn1. The number of benzene rings is 1. The van der Waals surface area contributed by atoms with Crippen LogP contribution in [0.3, 0.4) is 0 Å². The molecule has 18 heavy (non-hydrogen) atoms. The van der Waals surface area contributed by atoms with Gasteiger partial charge >= 0.3 is 0 Å². The lowest BCUT2D eigenvalue weighted by Crippen LogP contribution is -2.12. The molecular formula is C14H17BrN2O. The van der Waals surface area contributed by atoms with E-state index in [1.165, 1.54) is 11.1 Å². The van der Waals surface area contributed by atoms with Crippen LogP contribution in [-0.4, -0.2) is 21.5 Å². The molecule has 0 radical (unpaired) electrons. The average molecular weight is 309 g/mol. The van der Waals surface area contributed by atoms with E-state index in [1.54, 1.807) is 4.68 Å². The van der Waals surface area contributed by atoms with Gasteiger partial charge in [-0.15, -0.1) is 0 Å². The fourth-order valence-corrected chi connectivity index (χ4v) is 2.56. The molecule has 3 nitrogen and oxygen atoms in total. The summed E-state index contributed by atoms with van der Waals surface area (Å²) in [6.07, 6.45) is 5.61. The molecule has 1 aromatic heterocycles. The van der Waals surface area contributed by atoms with Crippen LogP contribution in [0.15, 0.2) is 41.1 Å². The minimum Gasteiger partial charge on any atom is -0.396 e. The van der Waals surface area contributed by atoms with Crippen LogP contribution in [-0.2, 0) is 19.9 Å². The van der Waals surface area contributed by atoms with Crippen LogP contribution in [0.5, 0.6) is 0 Å². The van der Waals surface area contributed by atoms with Gasteiger partial charge in [-0.3, -0.25) is 4.68 Å². The highest BCUT2D eigenvalue weighted by Gasteiger charge is 2.11. The maximum absolute atomic E-state index is 9.49. The Balaban J connectivity index is 2.01. The van der Waals surface area contributed by atoms with Crippen LogP contribution in [0.1, 0.15) is 11.1 Å². The van der Waals surface area contributed by atoms with Gasteiger partial charge in [-0.05, 0) is 42.0 Å². The van der Waals surface area contributed by atoms with Crippen molar-refractivity contribution in [2.24, 2.45) is 13.0 Å². The largest absolute Gasteiger partial charge is 0.396 e. The second-order valence-electron chi connectivity index (χ2n) is 4.61. The third-order valence-corrected chi connectivity index (χ3v) is 3.45. The highest BCUT2D eigenvalue weighted by atomic mass is 79.9. The first-order valence-electron chi connectivity index (χ1n) is 6.00. The molecule has 0 saturated carbocycles. The maximum atomic E-state index is 9.49. The standard InChI is InChI=1S/C14H17BrN2O/c1-17-9-13(8-16-17)6-12(10-18)5-11-3-2-4-14(15)7-11/h2-4,7-9,12,18H,5-6,10H2,1H3. The number of halogens is 1. The van der Waals surface area contributed by atoms with Crippen molar-refractivity contribution in [2.45, 2.75) is 12.8 Å². The number of aromatic nitrogens is 2.